The van der Waals surface area contributed by atoms with Crippen molar-refractivity contribution in [1.29, 1.82) is 5.26 Å². The largest absolute Gasteiger partial charge is 0.487 e. The van der Waals surface area contributed by atoms with Crippen molar-refractivity contribution in [3.05, 3.63) is 58.4 Å². The number of nitriles is 1. The standard InChI is InChI=1S/C14H10ClFN2O/c15-12-3-2-11(16)6-10(12)8-19-14-4-1-9(7-17)5-13(14)18/h1-6H,8,18H2. The van der Waals surface area contributed by atoms with Gasteiger partial charge in [0.05, 0.1) is 17.3 Å². The van der Waals surface area contributed by atoms with Crippen LogP contribution in [0.3, 0.4) is 0 Å². The van der Waals surface area contributed by atoms with Crippen LogP contribution in [0.25, 0.3) is 0 Å². The van der Waals surface area contributed by atoms with Gasteiger partial charge >= 0.3 is 0 Å². The summed E-state index contributed by atoms with van der Waals surface area (Å²) in [6.45, 7) is 0.104. The van der Waals surface area contributed by atoms with Crippen LogP contribution in [0.2, 0.25) is 5.02 Å². The molecule has 0 atom stereocenters. The lowest BCUT2D eigenvalue weighted by Crippen LogP contribution is -2.00. The molecule has 0 saturated carbocycles. The Hall–Kier alpha value is -2.25. The molecule has 0 aliphatic heterocycles. The first-order chi connectivity index (χ1) is 9.10. The molecule has 2 rings (SSSR count). The van der Waals surface area contributed by atoms with E-state index in [1.165, 1.54) is 24.3 Å². The number of ether oxygens (including phenoxy) is 1. The number of nitrogens with two attached hydrogens (primary N) is 1. The lowest BCUT2D eigenvalue weighted by atomic mass is 10.2. The maximum Gasteiger partial charge on any atom is 0.142 e. The topological polar surface area (TPSA) is 59.0 Å². The van der Waals surface area contributed by atoms with Crippen molar-refractivity contribution in [2.75, 3.05) is 5.73 Å². The fraction of sp³-hybridized carbons (Fsp3) is 0.0714. The summed E-state index contributed by atoms with van der Waals surface area (Å²) < 4.78 is 18.5. The van der Waals surface area contributed by atoms with E-state index in [-0.39, 0.29) is 12.4 Å². The number of halogens is 2. The Kier molecular flexibility index (Phi) is 3.88. The van der Waals surface area contributed by atoms with Gasteiger partial charge in [0, 0.05) is 10.6 Å². The fourth-order valence-corrected chi connectivity index (χ4v) is 1.73. The number of hydrogen-bond acceptors (Lipinski definition) is 3. The molecule has 0 unspecified atom stereocenters. The van der Waals surface area contributed by atoms with E-state index in [0.717, 1.165) is 0 Å². The van der Waals surface area contributed by atoms with Gasteiger partial charge in [-0.3, -0.25) is 0 Å². The Balaban J connectivity index is 2.15. The third-order valence-electron chi connectivity index (χ3n) is 2.53. The first kappa shape index (κ1) is 13.2. The van der Waals surface area contributed by atoms with Gasteiger partial charge in [-0.05, 0) is 36.4 Å². The summed E-state index contributed by atoms with van der Waals surface area (Å²) in [5.74, 6) is 0.0510. The molecule has 0 heterocycles. The molecule has 0 amide bonds. The Morgan fingerprint density at radius 3 is 2.74 bits per heavy atom. The molecule has 2 N–H and O–H groups in total. The number of benzene rings is 2. The summed E-state index contributed by atoms with van der Waals surface area (Å²) in [6.07, 6.45) is 0. The van der Waals surface area contributed by atoms with Gasteiger partial charge in [-0.1, -0.05) is 11.6 Å². The van der Waals surface area contributed by atoms with Gasteiger partial charge in [-0.25, -0.2) is 4.39 Å². The van der Waals surface area contributed by atoms with Crippen LogP contribution in [0.5, 0.6) is 5.75 Å². The molecular formula is C14H10ClFN2O. The van der Waals surface area contributed by atoms with Crippen molar-refractivity contribution in [2.45, 2.75) is 6.61 Å². The zero-order chi connectivity index (χ0) is 13.8. The van der Waals surface area contributed by atoms with Crippen molar-refractivity contribution < 1.29 is 9.13 Å². The Bertz CT molecular complexity index is 652. The molecule has 2 aromatic carbocycles. The quantitative estimate of drug-likeness (QED) is 0.873. The molecule has 0 aromatic heterocycles. The lowest BCUT2D eigenvalue weighted by Gasteiger charge is -2.10. The average molecular weight is 277 g/mol. The second kappa shape index (κ2) is 5.59. The van der Waals surface area contributed by atoms with E-state index in [1.54, 1.807) is 12.1 Å². The molecule has 96 valence electrons. The first-order valence-corrected chi connectivity index (χ1v) is 5.84. The summed E-state index contributed by atoms with van der Waals surface area (Å²) in [5, 5.41) is 9.15. The summed E-state index contributed by atoms with van der Waals surface area (Å²) in [5.41, 5.74) is 7.08. The normalized spacial score (nSPS) is 9.95. The van der Waals surface area contributed by atoms with E-state index in [9.17, 15) is 4.39 Å². The van der Waals surface area contributed by atoms with Gasteiger partial charge in [0.25, 0.3) is 0 Å². The van der Waals surface area contributed by atoms with Crippen LogP contribution >= 0.6 is 11.6 Å². The molecule has 2 aromatic rings. The van der Waals surface area contributed by atoms with E-state index in [0.29, 0.717) is 27.6 Å². The van der Waals surface area contributed by atoms with Gasteiger partial charge in [0.1, 0.15) is 18.2 Å². The molecule has 19 heavy (non-hydrogen) atoms. The minimum absolute atomic E-state index is 0.104. The second-order valence-electron chi connectivity index (χ2n) is 3.89. The van der Waals surface area contributed by atoms with Crippen LogP contribution in [-0.4, -0.2) is 0 Å². The average Bonchev–Trinajstić information content (AvgIpc) is 2.40. The SMILES string of the molecule is N#Cc1ccc(OCc2cc(F)ccc2Cl)c(N)c1. The molecular weight excluding hydrogens is 267 g/mol. The van der Waals surface area contributed by atoms with Gasteiger partial charge in [0.2, 0.25) is 0 Å². The Morgan fingerprint density at radius 2 is 2.05 bits per heavy atom. The maximum atomic E-state index is 13.1. The molecule has 0 spiro atoms. The van der Waals surface area contributed by atoms with Crippen molar-refractivity contribution in [2.24, 2.45) is 0 Å². The highest BCUT2D eigenvalue weighted by molar-refractivity contribution is 6.31. The maximum absolute atomic E-state index is 13.1. The van der Waals surface area contributed by atoms with Crippen LogP contribution in [0, 0.1) is 17.1 Å². The minimum Gasteiger partial charge on any atom is -0.487 e. The molecule has 5 heteroatoms. The highest BCUT2D eigenvalue weighted by Crippen LogP contribution is 2.25. The number of nitrogen functional groups attached to an aromatic ring is 1. The smallest absolute Gasteiger partial charge is 0.142 e. The minimum atomic E-state index is -0.379. The van der Waals surface area contributed by atoms with Crippen LogP contribution < -0.4 is 10.5 Å². The zero-order valence-electron chi connectivity index (χ0n) is 9.86. The first-order valence-electron chi connectivity index (χ1n) is 5.46. The van der Waals surface area contributed by atoms with Gasteiger partial charge in [0.15, 0.2) is 0 Å². The third-order valence-corrected chi connectivity index (χ3v) is 2.90. The van der Waals surface area contributed by atoms with Gasteiger partial charge in [-0.2, -0.15) is 5.26 Å². The number of nitrogens with zero attached hydrogens (tertiary/aromatic N) is 1. The molecule has 0 fully saturated rings. The predicted molar refractivity (Wildman–Crippen MR) is 71.3 cm³/mol. The Morgan fingerprint density at radius 1 is 1.26 bits per heavy atom. The molecule has 0 radical (unpaired) electrons. The summed E-state index contributed by atoms with van der Waals surface area (Å²) in [6, 6.07) is 10.7. The van der Waals surface area contributed by atoms with E-state index in [1.807, 2.05) is 6.07 Å². The van der Waals surface area contributed by atoms with Gasteiger partial charge in [-0.15, -0.1) is 0 Å². The Labute approximate surface area is 115 Å². The van der Waals surface area contributed by atoms with Gasteiger partial charge < -0.3 is 10.5 Å². The fourth-order valence-electron chi connectivity index (χ4n) is 1.56. The van der Waals surface area contributed by atoms with Crippen molar-refractivity contribution in [3.63, 3.8) is 0 Å². The zero-order valence-corrected chi connectivity index (χ0v) is 10.6. The van der Waals surface area contributed by atoms with E-state index in [4.69, 9.17) is 27.3 Å². The number of anilines is 1. The third kappa shape index (κ3) is 3.15. The van der Waals surface area contributed by atoms with Crippen LogP contribution in [0.4, 0.5) is 10.1 Å². The van der Waals surface area contributed by atoms with E-state index in [2.05, 4.69) is 0 Å². The highest BCUT2D eigenvalue weighted by atomic mass is 35.5. The highest BCUT2D eigenvalue weighted by Gasteiger charge is 2.06. The number of rotatable bonds is 3. The predicted octanol–water partition coefficient (Wildman–Crippen LogP) is 3.51. The lowest BCUT2D eigenvalue weighted by molar-refractivity contribution is 0.307. The van der Waals surface area contributed by atoms with E-state index >= 15 is 0 Å². The van der Waals surface area contributed by atoms with Crippen LogP contribution in [0.1, 0.15) is 11.1 Å². The summed E-state index contributed by atoms with van der Waals surface area (Å²) in [4.78, 5) is 0. The van der Waals surface area contributed by atoms with E-state index < -0.39 is 0 Å². The molecule has 0 aliphatic carbocycles. The summed E-state index contributed by atoms with van der Waals surface area (Å²) in [7, 11) is 0. The molecule has 3 nitrogen and oxygen atoms in total. The molecule has 0 bridgehead atoms. The van der Waals surface area contributed by atoms with Crippen LogP contribution in [0.15, 0.2) is 36.4 Å². The molecule has 0 saturated heterocycles. The monoisotopic (exact) mass is 276 g/mol. The van der Waals surface area contributed by atoms with Crippen molar-refractivity contribution >= 4 is 17.3 Å². The second-order valence-corrected chi connectivity index (χ2v) is 4.30. The van der Waals surface area contributed by atoms with Crippen LogP contribution in [-0.2, 0) is 6.61 Å². The number of hydrogen-bond donors (Lipinski definition) is 1. The van der Waals surface area contributed by atoms with Crippen molar-refractivity contribution in [3.8, 4) is 11.8 Å². The molecule has 0 aliphatic rings. The van der Waals surface area contributed by atoms with Crippen molar-refractivity contribution in [1.82, 2.24) is 0 Å². The summed E-state index contributed by atoms with van der Waals surface area (Å²) >= 11 is 5.93.